The molecule has 6 heteroatoms. The van der Waals surface area contributed by atoms with Gasteiger partial charge in [0.1, 0.15) is 11.5 Å². The van der Waals surface area contributed by atoms with Crippen LogP contribution in [-0.4, -0.2) is 19.9 Å². The summed E-state index contributed by atoms with van der Waals surface area (Å²) < 4.78 is 0.842. The summed E-state index contributed by atoms with van der Waals surface area (Å²) in [7, 11) is 0. The zero-order chi connectivity index (χ0) is 14.8. The van der Waals surface area contributed by atoms with Crippen LogP contribution < -0.4 is 5.73 Å². The Hall–Kier alpha value is -2.08. The van der Waals surface area contributed by atoms with E-state index < -0.39 is 0 Å². The number of anilines is 1. The highest BCUT2D eigenvalue weighted by Gasteiger charge is 2.12. The van der Waals surface area contributed by atoms with Crippen LogP contribution in [-0.2, 0) is 6.42 Å². The highest BCUT2D eigenvalue weighted by Crippen LogP contribution is 2.27. The van der Waals surface area contributed by atoms with Crippen molar-refractivity contribution in [3.63, 3.8) is 0 Å². The van der Waals surface area contributed by atoms with Gasteiger partial charge in [0, 0.05) is 16.3 Å². The average Bonchev–Trinajstić information content (AvgIpc) is 2.46. The van der Waals surface area contributed by atoms with E-state index in [2.05, 4.69) is 42.8 Å². The van der Waals surface area contributed by atoms with E-state index >= 15 is 0 Å². The molecular formula is C15H14BrN5. The molecule has 21 heavy (non-hydrogen) atoms. The van der Waals surface area contributed by atoms with Crippen LogP contribution in [0.3, 0.4) is 0 Å². The maximum atomic E-state index is 5.78. The third-order valence-corrected chi connectivity index (χ3v) is 3.67. The topological polar surface area (TPSA) is 77.6 Å². The van der Waals surface area contributed by atoms with Gasteiger partial charge in [-0.15, -0.1) is 0 Å². The van der Waals surface area contributed by atoms with Gasteiger partial charge in [0.05, 0.1) is 5.52 Å². The molecule has 0 bridgehead atoms. The molecule has 0 saturated heterocycles. The summed E-state index contributed by atoms with van der Waals surface area (Å²) in [5.41, 5.74) is 7.36. The molecule has 106 valence electrons. The number of rotatable bonds is 3. The average molecular weight is 344 g/mol. The Bertz CT molecular complexity index is 803. The maximum absolute atomic E-state index is 5.78. The minimum Gasteiger partial charge on any atom is -0.368 e. The second-order valence-corrected chi connectivity index (χ2v) is 5.55. The fourth-order valence-corrected chi connectivity index (χ4v) is 2.64. The Labute approximate surface area is 130 Å². The fraction of sp³-hybridized carbons (Fsp3) is 0.200. The minimum atomic E-state index is 0.227. The van der Waals surface area contributed by atoms with Crippen molar-refractivity contribution in [3.05, 3.63) is 40.6 Å². The van der Waals surface area contributed by atoms with Crippen molar-refractivity contribution < 1.29 is 0 Å². The molecule has 0 amide bonds. The normalized spacial score (nSPS) is 11.0. The van der Waals surface area contributed by atoms with Gasteiger partial charge in [-0.25, -0.2) is 9.97 Å². The number of pyridine rings is 1. The Morgan fingerprint density at radius 2 is 1.90 bits per heavy atom. The maximum Gasteiger partial charge on any atom is 0.223 e. The molecule has 3 aromatic rings. The third-order valence-electron chi connectivity index (χ3n) is 3.06. The molecule has 0 aliphatic rings. The van der Waals surface area contributed by atoms with Crippen molar-refractivity contribution in [3.8, 4) is 11.5 Å². The summed E-state index contributed by atoms with van der Waals surface area (Å²) in [5.74, 6) is 1.43. The molecule has 0 aliphatic carbocycles. The van der Waals surface area contributed by atoms with E-state index in [1.54, 1.807) is 0 Å². The summed E-state index contributed by atoms with van der Waals surface area (Å²) in [4.78, 5) is 17.5. The number of hydrogen-bond acceptors (Lipinski definition) is 5. The van der Waals surface area contributed by atoms with Crippen LogP contribution in [0.15, 0.2) is 34.8 Å². The lowest BCUT2D eigenvalue weighted by Gasteiger charge is -2.07. The highest BCUT2D eigenvalue weighted by atomic mass is 79.9. The Kier molecular flexibility index (Phi) is 3.79. The number of nitrogens with zero attached hydrogens (tertiary/aromatic N) is 4. The van der Waals surface area contributed by atoms with Gasteiger partial charge in [-0.05, 0) is 34.5 Å². The summed E-state index contributed by atoms with van der Waals surface area (Å²) in [6.45, 7) is 2.07. The molecule has 2 N–H and O–H groups in total. The molecule has 0 unspecified atom stereocenters. The Morgan fingerprint density at radius 1 is 1.10 bits per heavy atom. The first kappa shape index (κ1) is 13.9. The van der Waals surface area contributed by atoms with Gasteiger partial charge in [0.25, 0.3) is 0 Å². The van der Waals surface area contributed by atoms with Crippen molar-refractivity contribution in [2.75, 3.05) is 5.73 Å². The van der Waals surface area contributed by atoms with Crippen molar-refractivity contribution in [2.24, 2.45) is 0 Å². The zero-order valence-corrected chi connectivity index (χ0v) is 13.1. The van der Waals surface area contributed by atoms with Crippen molar-refractivity contribution in [1.82, 2.24) is 19.9 Å². The number of para-hydroxylation sites is 1. The first-order valence-corrected chi connectivity index (χ1v) is 7.52. The van der Waals surface area contributed by atoms with Crippen LogP contribution in [0, 0.1) is 0 Å². The summed E-state index contributed by atoms with van der Waals surface area (Å²) in [6, 6.07) is 9.93. The van der Waals surface area contributed by atoms with E-state index in [9.17, 15) is 0 Å². The lowest BCUT2D eigenvalue weighted by atomic mass is 10.2. The number of benzene rings is 1. The summed E-state index contributed by atoms with van der Waals surface area (Å²) in [5, 5.41) is 1.06. The molecule has 2 heterocycles. The third kappa shape index (κ3) is 2.85. The minimum absolute atomic E-state index is 0.227. The van der Waals surface area contributed by atoms with Gasteiger partial charge in [-0.3, -0.25) is 0 Å². The van der Waals surface area contributed by atoms with Crippen molar-refractivity contribution in [1.29, 1.82) is 0 Å². The number of halogens is 1. The number of nitrogen functional groups attached to an aromatic ring is 1. The van der Waals surface area contributed by atoms with Crippen LogP contribution >= 0.6 is 15.9 Å². The molecule has 0 saturated carbocycles. The van der Waals surface area contributed by atoms with Gasteiger partial charge < -0.3 is 5.73 Å². The van der Waals surface area contributed by atoms with Crippen LogP contribution in [0.5, 0.6) is 0 Å². The quantitative estimate of drug-likeness (QED) is 0.788. The number of aryl methyl sites for hydroxylation is 1. The van der Waals surface area contributed by atoms with Gasteiger partial charge >= 0.3 is 0 Å². The summed E-state index contributed by atoms with van der Waals surface area (Å²) >= 11 is 3.54. The monoisotopic (exact) mass is 343 g/mol. The van der Waals surface area contributed by atoms with E-state index in [-0.39, 0.29) is 5.95 Å². The van der Waals surface area contributed by atoms with Gasteiger partial charge in [0.15, 0.2) is 5.82 Å². The van der Waals surface area contributed by atoms with Crippen molar-refractivity contribution >= 4 is 32.8 Å². The van der Waals surface area contributed by atoms with E-state index in [0.717, 1.165) is 28.2 Å². The van der Waals surface area contributed by atoms with E-state index in [1.165, 1.54) is 0 Å². The molecule has 1 aromatic carbocycles. The Balaban J connectivity index is 2.17. The number of hydrogen-bond donors (Lipinski definition) is 1. The first-order valence-electron chi connectivity index (χ1n) is 6.73. The van der Waals surface area contributed by atoms with Gasteiger partial charge in [-0.1, -0.05) is 25.1 Å². The van der Waals surface area contributed by atoms with E-state index in [1.807, 2.05) is 30.3 Å². The molecule has 0 fully saturated rings. The largest absolute Gasteiger partial charge is 0.368 e. The SMILES string of the molecule is CCCc1nc(N)nc(-c2nc3ccccc3cc2Br)n1. The predicted molar refractivity (Wildman–Crippen MR) is 86.7 cm³/mol. The standard InChI is InChI=1S/C15H14BrN5/c1-2-5-12-19-14(21-15(17)20-12)13-10(16)8-9-6-3-4-7-11(9)18-13/h3-4,6-8H,2,5H2,1H3,(H2,17,19,20,21). The second-order valence-electron chi connectivity index (χ2n) is 4.69. The highest BCUT2D eigenvalue weighted by molar-refractivity contribution is 9.10. The van der Waals surface area contributed by atoms with E-state index in [0.29, 0.717) is 17.3 Å². The number of fused-ring (bicyclic) bond motifs is 1. The Morgan fingerprint density at radius 3 is 2.71 bits per heavy atom. The van der Waals surface area contributed by atoms with Gasteiger partial charge in [0.2, 0.25) is 5.95 Å². The van der Waals surface area contributed by atoms with Crippen LogP contribution in [0.25, 0.3) is 22.4 Å². The second kappa shape index (κ2) is 5.73. The van der Waals surface area contributed by atoms with Crippen LogP contribution in [0.4, 0.5) is 5.95 Å². The molecule has 0 radical (unpaired) electrons. The molecule has 3 rings (SSSR count). The smallest absolute Gasteiger partial charge is 0.223 e. The van der Waals surface area contributed by atoms with Crippen LogP contribution in [0.2, 0.25) is 0 Å². The molecular weight excluding hydrogens is 330 g/mol. The lowest BCUT2D eigenvalue weighted by Crippen LogP contribution is -2.06. The fourth-order valence-electron chi connectivity index (χ4n) is 2.13. The zero-order valence-electron chi connectivity index (χ0n) is 11.5. The molecule has 0 atom stereocenters. The summed E-state index contributed by atoms with van der Waals surface area (Å²) in [6.07, 6.45) is 1.72. The number of nitrogens with two attached hydrogens (primary N) is 1. The molecule has 2 aromatic heterocycles. The van der Waals surface area contributed by atoms with E-state index in [4.69, 9.17) is 5.73 Å². The van der Waals surface area contributed by atoms with Gasteiger partial charge in [-0.2, -0.15) is 9.97 Å². The predicted octanol–water partition coefficient (Wildman–Crippen LogP) is 3.38. The molecule has 0 aliphatic heterocycles. The van der Waals surface area contributed by atoms with Crippen LogP contribution in [0.1, 0.15) is 19.2 Å². The van der Waals surface area contributed by atoms with Crippen molar-refractivity contribution in [2.45, 2.75) is 19.8 Å². The molecule has 0 spiro atoms. The number of aromatic nitrogens is 4. The lowest BCUT2D eigenvalue weighted by molar-refractivity contribution is 0.823. The first-order chi connectivity index (χ1) is 10.2. The molecule has 5 nitrogen and oxygen atoms in total.